The number of hydrogen-bond acceptors (Lipinski definition) is 22. The van der Waals surface area contributed by atoms with E-state index in [0.717, 1.165) is 55.9 Å². The third kappa shape index (κ3) is 33.7. The zero-order chi connectivity index (χ0) is 78.1. The second-order valence-corrected chi connectivity index (χ2v) is 25.3. The smallest absolute Gasteiger partial charge is 0.227 e. The summed E-state index contributed by atoms with van der Waals surface area (Å²) in [6, 6.07) is 37.1. The Kier molecular flexibility index (Phi) is 39.6. The molecule has 30 nitrogen and oxygen atoms in total. The van der Waals surface area contributed by atoms with Gasteiger partial charge in [-0.15, -0.1) is 20.4 Å². The summed E-state index contributed by atoms with van der Waals surface area (Å²) in [5.41, 5.74) is 8.09. The lowest BCUT2D eigenvalue weighted by Gasteiger charge is -2.26. The van der Waals surface area contributed by atoms with Gasteiger partial charge < -0.3 is 89.1 Å². The Labute approximate surface area is 647 Å². The minimum atomic E-state index is -0.619. The molecule has 0 spiro atoms. The van der Waals surface area contributed by atoms with Gasteiger partial charge in [0.05, 0.1) is 169 Å². The molecule has 0 saturated carbocycles. The van der Waals surface area contributed by atoms with Gasteiger partial charge in [0.2, 0.25) is 53.1 Å². The van der Waals surface area contributed by atoms with Crippen LogP contribution >= 0.6 is 0 Å². The molecule has 0 unspecified atom stereocenters. The predicted octanol–water partition coefficient (Wildman–Crippen LogP) is 3.64. The third-order valence-electron chi connectivity index (χ3n) is 16.8. The van der Waals surface area contributed by atoms with E-state index < -0.39 is 6.04 Å². The fourth-order valence-electron chi connectivity index (χ4n) is 11.0. The largest absolute Gasteiger partial charge is 0.379 e. The fourth-order valence-corrected chi connectivity index (χ4v) is 11.0. The number of nitrogens with one attached hydrogen (secondary N) is 6. The summed E-state index contributed by atoms with van der Waals surface area (Å²) in [6.07, 6.45) is 0.428. The van der Waals surface area contributed by atoms with Gasteiger partial charge in [0.25, 0.3) is 0 Å². The first-order chi connectivity index (χ1) is 54.3. The van der Waals surface area contributed by atoms with Crippen molar-refractivity contribution in [3.05, 3.63) is 166 Å². The van der Waals surface area contributed by atoms with E-state index in [1.807, 2.05) is 121 Å². The van der Waals surface area contributed by atoms with Crippen molar-refractivity contribution in [2.75, 3.05) is 175 Å². The number of aryl methyl sites for hydroxylation is 1. The number of para-hydroxylation sites is 2. The van der Waals surface area contributed by atoms with Crippen molar-refractivity contribution in [2.24, 2.45) is 0 Å². The van der Waals surface area contributed by atoms with Crippen molar-refractivity contribution in [3.8, 4) is 35.1 Å². The average molecular weight is 1530 g/mol. The molecule has 592 valence electrons. The Bertz CT molecular complexity index is 3850. The highest BCUT2D eigenvalue weighted by Gasteiger charge is 2.25. The number of benzene rings is 5. The van der Waals surface area contributed by atoms with Crippen LogP contribution in [0.1, 0.15) is 89.7 Å². The van der Waals surface area contributed by atoms with Gasteiger partial charge in [-0.1, -0.05) is 109 Å². The van der Waals surface area contributed by atoms with Gasteiger partial charge in [0, 0.05) is 105 Å². The van der Waals surface area contributed by atoms with Crippen molar-refractivity contribution in [3.63, 3.8) is 0 Å². The Morgan fingerprint density at radius 3 is 1.11 bits per heavy atom. The first-order valence-electron chi connectivity index (χ1n) is 37.4. The summed E-state index contributed by atoms with van der Waals surface area (Å²) >= 11 is 0. The van der Waals surface area contributed by atoms with Crippen LogP contribution in [0.3, 0.4) is 0 Å². The topological polar surface area (TPSA) is 359 Å². The number of carbonyl (C=O) groups excluding carboxylic acids is 8. The number of carbonyl (C=O) groups is 8. The Morgan fingerprint density at radius 2 is 0.685 bits per heavy atom. The van der Waals surface area contributed by atoms with E-state index in [-0.39, 0.29) is 204 Å². The van der Waals surface area contributed by atoms with Crippen molar-refractivity contribution >= 4 is 58.6 Å². The van der Waals surface area contributed by atoms with Crippen LogP contribution < -0.4 is 41.7 Å². The zero-order valence-electron chi connectivity index (χ0n) is 62.9. The number of nitrogens with zero attached hydrogens (tertiary/aromatic N) is 6. The molecule has 8 amide bonds. The summed E-state index contributed by atoms with van der Waals surface area (Å²) in [4.78, 5) is 106. The predicted molar refractivity (Wildman–Crippen MR) is 409 cm³/mol. The van der Waals surface area contributed by atoms with Crippen LogP contribution in [0.5, 0.6) is 0 Å². The van der Waals surface area contributed by atoms with Crippen LogP contribution in [0.25, 0.3) is 11.4 Å². The van der Waals surface area contributed by atoms with Gasteiger partial charge in [0.15, 0.2) is 5.82 Å². The molecule has 5 aromatic carbocycles. The molecule has 1 aromatic heterocycles. The molecular weight excluding hydrogens is 1430 g/mol. The minimum absolute atomic E-state index is 0.0165. The molecule has 0 bridgehead atoms. The molecule has 3 heterocycles. The molecule has 0 saturated heterocycles. The highest BCUT2D eigenvalue weighted by atomic mass is 16.6. The number of hydrogen-bond donors (Lipinski definition) is 6. The van der Waals surface area contributed by atoms with Crippen LogP contribution in [-0.4, -0.2) is 239 Å². The highest BCUT2D eigenvalue weighted by Crippen LogP contribution is 2.28. The van der Waals surface area contributed by atoms with Gasteiger partial charge in [0.1, 0.15) is 0 Å². The maximum absolute atomic E-state index is 13.5. The molecule has 0 radical (unpaired) electrons. The maximum atomic E-state index is 13.5. The number of anilines is 2. The van der Waals surface area contributed by atoms with E-state index in [2.05, 4.69) is 76.0 Å². The number of rotatable bonds is 53. The monoisotopic (exact) mass is 1530 g/mol. The lowest BCUT2D eigenvalue weighted by molar-refractivity contribution is -0.126. The van der Waals surface area contributed by atoms with Gasteiger partial charge in [-0.3, -0.25) is 38.4 Å². The van der Waals surface area contributed by atoms with E-state index in [1.165, 1.54) is 0 Å². The first-order valence-corrected chi connectivity index (χ1v) is 37.4. The lowest BCUT2D eigenvalue weighted by atomic mass is 10.0. The molecule has 2 aliphatic rings. The molecule has 0 atom stereocenters. The van der Waals surface area contributed by atoms with Crippen molar-refractivity contribution in [1.29, 1.82) is 0 Å². The van der Waals surface area contributed by atoms with Gasteiger partial charge in [-0.2, -0.15) is 0 Å². The summed E-state index contributed by atoms with van der Waals surface area (Å²) in [5, 5.41) is 32.8. The molecule has 0 fully saturated rings. The van der Waals surface area contributed by atoms with Crippen LogP contribution in [0, 0.1) is 30.6 Å². The first kappa shape index (κ1) is 86.1. The average Bonchev–Trinajstić information content (AvgIpc) is 0.811. The molecule has 0 aliphatic carbocycles. The molecule has 8 rings (SSSR count). The van der Waals surface area contributed by atoms with Crippen molar-refractivity contribution in [2.45, 2.75) is 77.4 Å². The van der Waals surface area contributed by atoms with Crippen LogP contribution in [-0.2, 0) is 105 Å². The molecule has 2 aliphatic heterocycles. The zero-order valence-corrected chi connectivity index (χ0v) is 62.9. The normalized spacial score (nSPS) is 11.8. The summed E-state index contributed by atoms with van der Waals surface area (Å²) in [5.74, 6) is 11.8. The molecule has 111 heavy (non-hydrogen) atoms. The summed E-state index contributed by atoms with van der Waals surface area (Å²) in [7, 11) is 0. The van der Waals surface area contributed by atoms with E-state index in [1.54, 1.807) is 16.7 Å². The van der Waals surface area contributed by atoms with Crippen molar-refractivity contribution < 1.29 is 85.7 Å². The third-order valence-corrected chi connectivity index (χ3v) is 16.8. The SMILES string of the molecule is Cc1nnc(-c2ccc(CC(=O)NCCOCCOCCC(=O)NC(COCCC(=O)NCCOCCOCCOCCNC(=O)CCC(=O)N3Cc4ccccc4C#Cc4ccccc43)COCCC(=O)NCCOCCOCCOCCNC(=O)CCC(=O)N3Cc4ccccc4C#Cc4ccccc43)cc2)nn1. The molecular formula is C81H100N12O18. The molecule has 6 aromatic rings. The van der Waals surface area contributed by atoms with Gasteiger partial charge in [-0.05, 0) is 60.0 Å². The second kappa shape index (κ2) is 51.1. The fraction of sp³-hybridized carbons (Fsp3) is 0.457. The van der Waals surface area contributed by atoms with Crippen molar-refractivity contribution in [1.82, 2.24) is 52.3 Å². The number of ether oxygens (including phenoxy) is 10. The summed E-state index contributed by atoms with van der Waals surface area (Å²) in [6.45, 7) is 8.22. The lowest BCUT2D eigenvalue weighted by Crippen LogP contribution is -2.42. The minimum Gasteiger partial charge on any atom is -0.379 e. The Balaban J connectivity index is 0.616. The van der Waals surface area contributed by atoms with E-state index in [0.29, 0.717) is 84.1 Å². The van der Waals surface area contributed by atoms with E-state index in [4.69, 9.17) is 47.4 Å². The second-order valence-electron chi connectivity index (χ2n) is 25.3. The summed E-state index contributed by atoms with van der Waals surface area (Å²) < 4.78 is 56.3. The number of fused-ring (bicyclic) bond motifs is 4. The quantitative estimate of drug-likeness (QED) is 0.0234. The standard InChI is InChI=1S/C81H100N12O18/c1-61-88-90-81(91-89-61)67-20-18-62(19-21-67)56-78(99)86-37-45-107-47-46-102-38-32-77(98)87-70(59-110-39-30-75(96)84-35-43-105-50-54-108-52-48-103-41-33-82-73(94)26-28-79(100)92-57-68-14-4-2-10-63(68)22-24-65-12-6-8-16-71(65)92)60-111-40-31-76(97)85-36-44-106-51-55-109-53-49-104-42-34-83-74(95)27-29-80(101)93-58-69-15-5-3-11-64(69)23-25-66-13-7-9-17-72(66)93/h2-21,70H,26-60H2,1H3,(H,82,94)(H,83,95)(H,84,96)(H,85,97)(H,86,99)(H,87,98). The maximum Gasteiger partial charge on any atom is 0.227 e. The Hall–Kier alpha value is -10.5. The van der Waals surface area contributed by atoms with E-state index >= 15 is 0 Å². The van der Waals surface area contributed by atoms with Crippen LogP contribution in [0.4, 0.5) is 11.4 Å². The van der Waals surface area contributed by atoms with Gasteiger partial charge in [-0.25, -0.2) is 0 Å². The molecule has 6 N–H and O–H groups in total. The number of amides is 8. The number of aromatic nitrogens is 4. The highest BCUT2D eigenvalue weighted by molar-refractivity contribution is 5.98. The van der Waals surface area contributed by atoms with Gasteiger partial charge >= 0.3 is 0 Å². The van der Waals surface area contributed by atoms with Crippen LogP contribution in [0.2, 0.25) is 0 Å². The van der Waals surface area contributed by atoms with Crippen LogP contribution in [0.15, 0.2) is 121 Å². The Morgan fingerprint density at radius 1 is 0.351 bits per heavy atom. The molecule has 30 heteroatoms. The van der Waals surface area contributed by atoms with E-state index in [9.17, 15) is 38.4 Å².